The molecule has 0 radical (unpaired) electrons. The van der Waals surface area contributed by atoms with Crippen LogP contribution < -0.4 is 0 Å². The zero-order valence-corrected chi connectivity index (χ0v) is 11.4. The Morgan fingerprint density at radius 1 is 1.25 bits per heavy atom. The van der Waals surface area contributed by atoms with Gasteiger partial charge in [0.15, 0.2) is 0 Å². The van der Waals surface area contributed by atoms with E-state index in [1.165, 1.54) is 6.92 Å². The van der Waals surface area contributed by atoms with Gasteiger partial charge in [0.25, 0.3) is 0 Å². The molecule has 0 bridgehead atoms. The molecule has 0 spiro atoms. The zero-order chi connectivity index (χ0) is 13.1. The van der Waals surface area contributed by atoms with Crippen molar-refractivity contribution in [2.75, 3.05) is 5.33 Å². The Hall–Kier alpha value is 0.0700. The lowest BCUT2D eigenvalue weighted by atomic mass is 10.2. The molecule has 0 aliphatic heterocycles. The summed E-state index contributed by atoms with van der Waals surface area (Å²) < 4.78 is 51.5. The van der Waals surface area contributed by atoms with Gasteiger partial charge in [0, 0.05) is 12.3 Å². The minimum absolute atomic E-state index is 0.00601. The van der Waals surface area contributed by atoms with Gasteiger partial charge in [-0.1, -0.05) is 49.8 Å². The molecule has 0 rings (SSSR count). The van der Waals surface area contributed by atoms with Crippen LogP contribution in [0.2, 0.25) is 0 Å². The van der Waals surface area contributed by atoms with Gasteiger partial charge >= 0.3 is 11.8 Å². The van der Waals surface area contributed by atoms with E-state index in [9.17, 15) is 22.7 Å². The van der Waals surface area contributed by atoms with E-state index < -0.39 is 26.8 Å². The maximum atomic E-state index is 12.2. The van der Waals surface area contributed by atoms with Crippen molar-refractivity contribution in [2.45, 2.75) is 24.0 Å². The molecule has 96 valence electrons. The predicted molar refractivity (Wildman–Crippen MR) is 53.7 cm³/mol. The Balaban J connectivity index is 4.87. The number of carbonyl (C=O) groups excluding carboxylic acids is 1. The number of halogens is 6. The van der Waals surface area contributed by atoms with Gasteiger partial charge in [0.05, 0.1) is 10.7 Å². The summed E-state index contributed by atoms with van der Waals surface area (Å²) in [5.41, 5.74) is 0. The summed E-state index contributed by atoms with van der Waals surface area (Å²) >= 11 is 5.75. The molecule has 16 heavy (non-hydrogen) atoms. The molecule has 0 aliphatic carbocycles. The van der Waals surface area contributed by atoms with E-state index in [1.54, 1.807) is 0 Å². The minimum atomic E-state index is -3.42. The van der Waals surface area contributed by atoms with Gasteiger partial charge in [-0.3, -0.25) is 4.79 Å². The number of alkyl halides is 2. The first-order valence-corrected chi connectivity index (χ1v) is 5.71. The van der Waals surface area contributed by atoms with Gasteiger partial charge in [-0.05, 0) is 6.92 Å². The third-order valence-electron chi connectivity index (χ3n) is 1.59. The standard InChI is InChI=1S/C6H8Br2F4N2O2/c1-5(8,3-7)4(15)16-6(2,13(9)10)14(11)12/h3H2,1-2H3. The quantitative estimate of drug-likeness (QED) is 0.243. The Morgan fingerprint density at radius 2 is 1.62 bits per heavy atom. The number of rotatable bonds is 5. The van der Waals surface area contributed by atoms with E-state index in [0.29, 0.717) is 6.92 Å². The number of hydrogen-bond donors (Lipinski definition) is 0. The first-order chi connectivity index (χ1) is 7.08. The van der Waals surface area contributed by atoms with Crippen molar-refractivity contribution in [2.24, 2.45) is 0 Å². The maximum Gasteiger partial charge on any atom is 0.332 e. The first-order valence-electron chi connectivity index (χ1n) is 3.80. The third-order valence-corrected chi connectivity index (χ3v) is 4.07. The average molecular weight is 376 g/mol. The molecule has 0 aromatic rings. The van der Waals surface area contributed by atoms with E-state index in [1.807, 2.05) is 0 Å². The fraction of sp³-hybridized carbons (Fsp3) is 0.833. The van der Waals surface area contributed by atoms with E-state index >= 15 is 0 Å². The minimum Gasteiger partial charge on any atom is -0.419 e. The van der Waals surface area contributed by atoms with Gasteiger partial charge in [-0.2, -0.15) is 0 Å². The van der Waals surface area contributed by atoms with Crippen molar-refractivity contribution in [3.05, 3.63) is 0 Å². The van der Waals surface area contributed by atoms with E-state index in [-0.39, 0.29) is 5.33 Å². The second-order valence-corrected chi connectivity index (χ2v) is 5.43. The summed E-state index contributed by atoms with van der Waals surface area (Å²) in [7, 11) is 0. The normalized spacial score (nSPS) is 16.4. The lowest BCUT2D eigenvalue weighted by molar-refractivity contribution is -0.436. The summed E-state index contributed by atoms with van der Waals surface area (Å²) in [4.78, 5) is 11.3. The highest BCUT2D eigenvalue weighted by Crippen LogP contribution is 2.29. The molecule has 0 N–H and O–H groups in total. The van der Waals surface area contributed by atoms with Crippen molar-refractivity contribution in [1.29, 1.82) is 0 Å². The number of hydrogen-bond acceptors (Lipinski definition) is 4. The van der Waals surface area contributed by atoms with Gasteiger partial charge < -0.3 is 4.74 Å². The second-order valence-electron chi connectivity index (χ2n) is 3.12. The number of esters is 1. The van der Waals surface area contributed by atoms with Gasteiger partial charge in [-0.15, -0.1) is 0 Å². The Bertz CT molecular complexity index is 257. The summed E-state index contributed by atoms with van der Waals surface area (Å²) in [6.45, 7) is 1.63. The fourth-order valence-corrected chi connectivity index (χ4v) is 0.773. The third kappa shape index (κ3) is 3.54. The van der Waals surface area contributed by atoms with Crippen molar-refractivity contribution >= 4 is 37.8 Å². The highest BCUT2D eigenvalue weighted by atomic mass is 79.9. The molecule has 4 nitrogen and oxygen atoms in total. The Kier molecular flexibility index (Phi) is 5.63. The van der Waals surface area contributed by atoms with Crippen molar-refractivity contribution in [3.63, 3.8) is 0 Å². The lowest BCUT2D eigenvalue weighted by Gasteiger charge is -2.30. The molecule has 0 saturated carbocycles. The van der Waals surface area contributed by atoms with Crippen molar-refractivity contribution in [1.82, 2.24) is 10.7 Å². The number of carbonyl (C=O) groups is 1. The van der Waals surface area contributed by atoms with Crippen molar-refractivity contribution in [3.8, 4) is 0 Å². The number of ether oxygens (including phenoxy) is 1. The smallest absolute Gasteiger partial charge is 0.332 e. The molecular formula is C6H8Br2F4N2O2. The highest BCUT2D eigenvalue weighted by molar-refractivity contribution is 9.12. The monoisotopic (exact) mass is 374 g/mol. The molecule has 0 fully saturated rings. The molecule has 0 aromatic carbocycles. The fourth-order valence-electron chi connectivity index (χ4n) is 0.463. The van der Waals surface area contributed by atoms with E-state index in [2.05, 4.69) is 36.6 Å². The molecule has 0 amide bonds. The van der Waals surface area contributed by atoms with Gasteiger partial charge in [-0.25, -0.2) is 0 Å². The zero-order valence-electron chi connectivity index (χ0n) is 8.19. The SMILES string of the molecule is CC(Br)(CBr)C(=O)OC(C)(N(F)F)N(F)F. The molecular weight excluding hydrogens is 368 g/mol. The predicted octanol–water partition coefficient (Wildman–Crippen LogP) is 2.89. The number of nitrogens with zero attached hydrogens (tertiary/aromatic N) is 2. The van der Waals surface area contributed by atoms with Crippen LogP contribution in [-0.2, 0) is 9.53 Å². The van der Waals surface area contributed by atoms with Crippen LogP contribution >= 0.6 is 31.9 Å². The maximum absolute atomic E-state index is 12.2. The van der Waals surface area contributed by atoms with Crippen LogP contribution in [0.3, 0.4) is 0 Å². The van der Waals surface area contributed by atoms with Crippen LogP contribution in [0.25, 0.3) is 0 Å². The second kappa shape index (κ2) is 5.61. The lowest BCUT2D eigenvalue weighted by Crippen LogP contribution is -2.52. The van der Waals surface area contributed by atoms with Crippen LogP contribution in [0.5, 0.6) is 0 Å². The van der Waals surface area contributed by atoms with E-state index in [4.69, 9.17) is 0 Å². The molecule has 0 aromatic heterocycles. The first kappa shape index (κ1) is 16.1. The summed E-state index contributed by atoms with van der Waals surface area (Å²) in [6, 6.07) is 0. The van der Waals surface area contributed by atoms with Crippen LogP contribution in [-0.4, -0.2) is 32.2 Å². The Labute approximate surface area is 105 Å². The Morgan fingerprint density at radius 3 is 1.88 bits per heavy atom. The van der Waals surface area contributed by atoms with Crippen LogP contribution in [0.1, 0.15) is 13.8 Å². The topological polar surface area (TPSA) is 32.8 Å². The molecule has 1 unspecified atom stereocenters. The molecule has 0 heterocycles. The van der Waals surface area contributed by atoms with Gasteiger partial charge in [0.1, 0.15) is 4.32 Å². The van der Waals surface area contributed by atoms with Gasteiger partial charge in [0.2, 0.25) is 0 Å². The molecule has 1 atom stereocenters. The largest absolute Gasteiger partial charge is 0.419 e. The van der Waals surface area contributed by atoms with Crippen LogP contribution in [0.4, 0.5) is 17.9 Å². The average Bonchev–Trinajstić information content (AvgIpc) is 2.16. The van der Waals surface area contributed by atoms with E-state index in [0.717, 1.165) is 0 Å². The summed E-state index contributed by atoms with van der Waals surface area (Å²) in [5, 5.41) is -3.80. The molecule has 0 aliphatic rings. The molecule has 0 saturated heterocycles. The summed E-state index contributed by atoms with van der Waals surface area (Å²) in [6.07, 6.45) is 0. The van der Waals surface area contributed by atoms with Crippen molar-refractivity contribution < 1.29 is 27.5 Å². The summed E-state index contributed by atoms with van der Waals surface area (Å²) in [5.74, 6) is -4.68. The molecule has 10 heteroatoms. The van der Waals surface area contributed by atoms with Crippen LogP contribution in [0.15, 0.2) is 0 Å². The highest BCUT2D eigenvalue weighted by Gasteiger charge is 2.49. The van der Waals surface area contributed by atoms with Crippen LogP contribution in [0, 0.1) is 0 Å².